The molecule has 0 aliphatic rings. The van der Waals surface area contributed by atoms with E-state index in [1.54, 1.807) is 25.8 Å². The van der Waals surface area contributed by atoms with Gasteiger partial charge in [-0.3, -0.25) is 9.67 Å². The van der Waals surface area contributed by atoms with Crippen LogP contribution in [0.4, 0.5) is 0 Å². The molecule has 6 nitrogen and oxygen atoms in total. The van der Waals surface area contributed by atoms with Gasteiger partial charge in [-0.05, 0) is 120 Å². The van der Waals surface area contributed by atoms with Crippen LogP contribution in [0.15, 0.2) is 157 Å². The number of pyridine rings is 1. The van der Waals surface area contributed by atoms with Gasteiger partial charge in [0.2, 0.25) is 0 Å². The number of benzene rings is 4. The van der Waals surface area contributed by atoms with Crippen molar-refractivity contribution in [1.29, 1.82) is 0 Å². The topological polar surface area (TPSA) is 66.0 Å². The van der Waals surface area contributed by atoms with Crippen LogP contribution in [-0.2, 0) is 6.54 Å². The Bertz CT molecular complexity index is 2110. The van der Waals surface area contributed by atoms with Gasteiger partial charge in [0.1, 0.15) is 5.75 Å². The quantitative estimate of drug-likeness (QED) is 0.144. The summed E-state index contributed by atoms with van der Waals surface area (Å²) >= 11 is 0. The first-order valence-corrected chi connectivity index (χ1v) is 24.3. The number of aryl methyl sites for hydroxylation is 3. The number of nitrogens with zero attached hydrogens (tertiary/aromatic N) is 4. The van der Waals surface area contributed by atoms with Crippen molar-refractivity contribution in [2.75, 3.05) is 7.11 Å². The van der Waals surface area contributed by atoms with Crippen LogP contribution in [0.1, 0.15) is 190 Å². The van der Waals surface area contributed by atoms with E-state index in [1.807, 2.05) is 54.3 Å². The highest BCUT2D eigenvalue weighted by molar-refractivity contribution is 5.30. The van der Waals surface area contributed by atoms with Gasteiger partial charge in [0.05, 0.1) is 25.3 Å². The van der Waals surface area contributed by atoms with Crippen LogP contribution in [0, 0.1) is 26.7 Å². The van der Waals surface area contributed by atoms with Gasteiger partial charge in [-0.2, -0.15) is 0 Å². The molecular weight excluding hydrogens is 833 g/mol. The molecule has 372 valence electrons. The fourth-order valence-electron chi connectivity index (χ4n) is 5.92. The second-order valence-electron chi connectivity index (χ2n) is 19.3. The van der Waals surface area contributed by atoms with E-state index in [0.29, 0.717) is 41.4 Å². The van der Waals surface area contributed by atoms with Crippen LogP contribution in [0.5, 0.6) is 5.75 Å². The van der Waals surface area contributed by atoms with E-state index in [4.69, 9.17) is 9.15 Å². The van der Waals surface area contributed by atoms with E-state index < -0.39 is 0 Å². The van der Waals surface area contributed by atoms with Crippen LogP contribution in [-0.4, -0.2) is 27.1 Å². The maximum atomic E-state index is 5.11. The Labute approximate surface area is 416 Å². The molecule has 7 aromatic rings. The minimum absolute atomic E-state index is 0. The van der Waals surface area contributed by atoms with Gasteiger partial charge in [0, 0.05) is 25.1 Å². The second kappa shape index (κ2) is 35.4. The summed E-state index contributed by atoms with van der Waals surface area (Å²) in [6.07, 6.45) is 9.15. The maximum Gasteiger partial charge on any atom is 0.119 e. The Morgan fingerprint density at radius 3 is 1.28 bits per heavy atom. The molecule has 3 aromatic heterocycles. The van der Waals surface area contributed by atoms with Crippen molar-refractivity contribution in [2.24, 2.45) is 5.92 Å². The van der Waals surface area contributed by atoms with E-state index in [2.05, 4.69) is 217 Å². The molecule has 0 bridgehead atoms. The molecule has 0 amide bonds. The molecule has 0 unspecified atom stereocenters. The van der Waals surface area contributed by atoms with Crippen molar-refractivity contribution in [3.8, 4) is 5.75 Å². The SMILES string of the molecule is C.CC(C)c1ccccc1.CC(C)c1cccnc1.CC(C)c1ccoc1.COc1cccc(C(C)C)c1.Cc1ccc(C(C)C)cc1.Cc1ccc(C(C)C)cc1.Cc1cn(CC(C)C)nn1. The number of aromatic nitrogens is 4. The molecule has 0 saturated heterocycles. The molecule has 0 radical (unpaired) electrons. The molecule has 0 aliphatic heterocycles. The fraction of sp³-hybridized carbons (Fsp3) is 0.435. The summed E-state index contributed by atoms with van der Waals surface area (Å²) in [5.41, 5.74) is 11.8. The number of hydrogen-bond donors (Lipinski definition) is 0. The molecule has 0 aliphatic carbocycles. The van der Waals surface area contributed by atoms with E-state index in [0.717, 1.165) is 18.0 Å². The van der Waals surface area contributed by atoms with Gasteiger partial charge in [0.25, 0.3) is 0 Å². The van der Waals surface area contributed by atoms with Gasteiger partial charge in [-0.1, -0.05) is 218 Å². The lowest BCUT2D eigenvalue weighted by Gasteiger charge is -2.06. The van der Waals surface area contributed by atoms with Gasteiger partial charge in [0.15, 0.2) is 0 Å². The summed E-state index contributed by atoms with van der Waals surface area (Å²) in [5.74, 6) is 5.31. The van der Waals surface area contributed by atoms with Crippen LogP contribution < -0.4 is 4.74 Å². The molecule has 0 fully saturated rings. The molecule has 4 aromatic carbocycles. The second-order valence-corrected chi connectivity index (χ2v) is 19.3. The van der Waals surface area contributed by atoms with Crippen LogP contribution in [0.3, 0.4) is 0 Å². The molecule has 6 heteroatoms. The van der Waals surface area contributed by atoms with Crippen LogP contribution >= 0.6 is 0 Å². The van der Waals surface area contributed by atoms with Crippen LogP contribution in [0.2, 0.25) is 0 Å². The molecule has 0 spiro atoms. The monoisotopic (exact) mass is 925 g/mol. The average Bonchev–Trinajstić information content (AvgIpc) is 4.01. The summed E-state index contributed by atoms with van der Waals surface area (Å²) < 4.78 is 11.9. The number of hydrogen-bond acceptors (Lipinski definition) is 5. The van der Waals surface area contributed by atoms with Crippen LogP contribution in [0.25, 0.3) is 0 Å². The molecule has 68 heavy (non-hydrogen) atoms. The molecule has 3 heterocycles. The third-order valence-electron chi connectivity index (χ3n) is 10.5. The largest absolute Gasteiger partial charge is 0.497 e. The third kappa shape index (κ3) is 28.4. The Morgan fingerprint density at radius 1 is 0.500 bits per heavy atom. The zero-order chi connectivity index (χ0) is 50.3. The average molecular weight is 925 g/mol. The van der Waals surface area contributed by atoms with Crippen molar-refractivity contribution in [2.45, 2.75) is 167 Å². The maximum absolute atomic E-state index is 5.11. The Balaban J connectivity index is 0.000000770. The predicted molar refractivity (Wildman–Crippen MR) is 296 cm³/mol. The van der Waals surface area contributed by atoms with Gasteiger partial charge in [-0.25, -0.2) is 0 Å². The standard InChI is InChI=1S/C10H14O.2C10H14.C9H12.C8H11N.C7H13N3.C7H10O.CH4/c1-8(2)9-5-4-6-10(7-9)11-3;2*1-8(2)10-6-4-9(3)5-7-10;1-8(2)9-6-4-3-5-7-9;1-7(2)8-4-3-5-9-6-8;1-6(2)4-10-5-7(3)8-9-10;1-6(2)7-3-4-8-5-7;/h4-8H,1-3H3;2*4-8H,1-3H3;3-8H,1-2H3;3-7H,1-2H3;5-6H,4H2,1-3H3;3-6H,1-2H3;1H4. The molecule has 0 N–H and O–H groups in total. The van der Waals surface area contributed by atoms with Crippen molar-refractivity contribution < 1.29 is 9.15 Å². The lowest BCUT2D eigenvalue weighted by Crippen LogP contribution is -2.04. The third-order valence-corrected chi connectivity index (χ3v) is 10.5. The first kappa shape index (κ1) is 62.2. The number of ether oxygens (including phenoxy) is 1. The molecule has 0 saturated carbocycles. The first-order chi connectivity index (χ1) is 31.7. The predicted octanol–water partition coefficient (Wildman–Crippen LogP) is 18.4. The summed E-state index contributed by atoms with van der Waals surface area (Å²) in [6.45, 7) is 37.7. The number of methoxy groups -OCH3 is 1. The highest BCUT2D eigenvalue weighted by Gasteiger charge is 2.01. The zero-order valence-corrected chi connectivity index (χ0v) is 44.8. The van der Waals surface area contributed by atoms with E-state index in [9.17, 15) is 0 Å². The van der Waals surface area contributed by atoms with E-state index in [1.165, 1.54) is 44.5 Å². The van der Waals surface area contributed by atoms with Gasteiger partial charge >= 0.3 is 0 Å². The minimum atomic E-state index is 0. The smallest absolute Gasteiger partial charge is 0.119 e. The number of rotatable bonds is 9. The molecule has 7 rings (SSSR count). The highest BCUT2D eigenvalue weighted by Crippen LogP contribution is 2.20. The van der Waals surface area contributed by atoms with E-state index >= 15 is 0 Å². The van der Waals surface area contributed by atoms with Crippen molar-refractivity contribution >= 4 is 0 Å². The van der Waals surface area contributed by atoms with Gasteiger partial charge < -0.3 is 9.15 Å². The first-order valence-electron chi connectivity index (χ1n) is 24.3. The molecular formula is C62H92N4O2. The van der Waals surface area contributed by atoms with Crippen molar-refractivity contribution in [3.05, 3.63) is 203 Å². The lowest BCUT2D eigenvalue weighted by molar-refractivity contribution is 0.414. The van der Waals surface area contributed by atoms with E-state index in [-0.39, 0.29) is 7.43 Å². The lowest BCUT2D eigenvalue weighted by atomic mass is 10.0. The molecule has 0 atom stereocenters. The zero-order valence-electron chi connectivity index (χ0n) is 44.8. The summed E-state index contributed by atoms with van der Waals surface area (Å²) in [7, 11) is 1.69. The normalized spacial score (nSPS) is 10.2. The summed E-state index contributed by atoms with van der Waals surface area (Å²) in [4.78, 5) is 4.01. The Morgan fingerprint density at radius 2 is 0.956 bits per heavy atom. The fourth-order valence-corrected chi connectivity index (χ4v) is 5.92. The van der Waals surface area contributed by atoms with Crippen molar-refractivity contribution in [1.82, 2.24) is 20.0 Å². The van der Waals surface area contributed by atoms with Gasteiger partial charge in [-0.15, -0.1) is 5.10 Å². The number of furan rings is 1. The minimum Gasteiger partial charge on any atom is -0.497 e. The Hall–Kier alpha value is -5.75. The Kier molecular flexibility index (Phi) is 32.4. The highest BCUT2D eigenvalue weighted by atomic mass is 16.5. The summed E-state index contributed by atoms with van der Waals surface area (Å²) in [6, 6.07) is 42.2. The summed E-state index contributed by atoms with van der Waals surface area (Å²) in [5, 5.41) is 7.81. The van der Waals surface area contributed by atoms with Crippen molar-refractivity contribution in [3.63, 3.8) is 0 Å².